The summed E-state index contributed by atoms with van der Waals surface area (Å²) in [6.07, 6.45) is 0.909. The molecule has 0 aliphatic carbocycles. The van der Waals surface area contributed by atoms with E-state index in [1.165, 1.54) is 0 Å². The summed E-state index contributed by atoms with van der Waals surface area (Å²) in [7, 11) is 0. The van der Waals surface area contributed by atoms with Crippen LogP contribution in [0.15, 0.2) is 48.5 Å². The van der Waals surface area contributed by atoms with Crippen molar-refractivity contribution in [2.45, 2.75) is 26.7 Å². The molecule has 7 heteroatoms. The lowest BCUT2D eigenvalue weighted by molar-refractivity contribution is 0.0684. The number of rotatable bonds is 6. The molecule has 0 aromatic heterocycles. The molecule has 1 saturated heterocycles. The van der Waals surface area contributed by atoms with Crippen molar-refractivity contribution in [3.8, 4) is 5.75 Å². The van der Waals surface area contributed by atoms with Crippen LogP contribution < -0.4 is 10.1 Å². The molecule has 1 N–H and O–H groups in total. The molecule has 164 valence electrons. The topological polar surface area (TPSA) is 84.9 Å². The van der Waals surface area contributed by atoms with E-state index in [0.717, 1.165) is 18.4 Å². The summed E-state index contributed by atoms with van der Waals surface area (Å²) in [5, 5.41) is 3.00. The number of hydrogen-bond acceptors (Lipinski definition) is 5. The molecule has 2 aromatic carbocycles. The van der Waals surface area contributed by atoms with Gasteiger partial charge in [0.05, 0.1) is 6.61 Å². The molecule has 2 amide bonds. The number of likely N-dealkylation sites (tertiary alicyclic amines) is 1. The molecular weight excluding hydrogens is 396 g/mol. The van der Waals surface area contributed by atoms with Crippen LogP contribution in [-0.4, -0.2) is 49.1 Å². The Kier molecular flexibility index (Phi) is 7.65. The number of aryl methyl sites for hydroxylation is 1. The molecule has 0 radical (unpaired) electrons. The van der Waals surface area contributed by atoms with Crippen molar-refractivity contribution in [2.75, 3.05) is 26.2 Å². The predicted octanol–water partition coefficient (Wildman–Crippen LogP) is 3.81. The standard InChI is InChI=1S/C24H28N2O5/c1-3-30-24(29)31-21-10-8-20(9-11-21)23(28)26-14-12-18(13-15-26)16-25-22(27)19-6-4-17(2)5-7-19/h4-11,18H,3,12-16H2,1-2H3,(H,25,27). The highest BCUT2D eigenvalue weighted by molar-refractivity contribution is 5.95. The van der Waals surface area contributed by atoms with Gasteiger partial charge in [-0.2, -0.15) is 0 Å². The first-order valence-corrected chi connectivity index (χ1v) is 10.5. The van der Waals surface area contributed by atoms with Gasteiger partial charge in [-0.3, -0.25) is 9.59 Å². The van der Waals surface area contributed by atoms with Crippen LogP contribution in [0.5, 0.6) is 5.75 Å². The normalized spacial score (nSPS) is 14.1. The number of nitrogens with one attached hydrogen (secondary N) is 1. The molecule has 0 unspecified atom stereocenters. The molecule has 0 spiro atoms. The Morgan fingerprint density at radius 3 is 2.19 bits per heavy atom. The van der Waals surface area contributed by atoms with Crippen molar-refractivity contribution in [3.05, 3.63) is 65.2 Å². The van der Waals surface area contributed by atoms with Crippen LogP contribution in [0.4, 0.5) is 4.79 Å². The number of carbonyl (C=O) groups is 3. The summed E-state index contributed by atoms with van der Waals surface area (Å²) >= 11 is 0. The molecule has 0 atom stereocenters. The number of piperidine rings is 1. The second-order valence-electron chi connectivity index (χ2n) is 7.62. The maximum Gasteiger partial charge on any atom is 0.513 e. The fourth-order valence-corrected chi connectivity index (χ4v) is 3.48. The summed E-state index contributed by atoms with van der Waals surface area (Å²) in [6, 6.07) is 14.0. The van der Waals surface area contributed by atoms with Gasteiger partial charge in [0.25, 0.3) is 11.8 Å². The smallest absolute Gasteiger partial charge is 0.434 e. The van der Waals surface area contributed by atoms with E-state index >= 15 is 0 Å². The average Bonchev–Trinajstić information content (AvgIpc) is 2.78. The molecular formula is C24H28N2O5. The zero-order valence-corrected chi connectivity index (χ0v) is 17.9. The zero-order chi connectivity index (χ0) is 22.2. The van der Waals surface area contributed by atoms with Crippen LogP contribution >= 0.6 is 0 Å². The number of ether oxygens (including phenoxy) is 2. The van der Waals surface area contributed by atoms with Gasteiger partial charge in [0.1, 0.15) is 5.75 Å². The third kappa shape index (κ3) is 6.31. The summed E-state index contributed by atoms with van der Waals surface area (Å²) in [5.74, 6) is 0.560. The van der Waals surface area contributed by atoms with Gasteiger partial charge in [0.2, 0.25) is 0 Å². The lowest BCUT2D eigenvalue weighted by atomic mass is 9.96. The van der Waals surface area contributed by atoms with Gasteiger partial charge in [-0.25, -0.2) is 4.79 Å². The van der Waals surface area contributed by atoms with Crippen molar-refractivity contribution in [3.63, 3.8) is 0 Å². The Morgan fingerprint density at radius 2 is 1.58 bits per heavy atom. The minimum Gasteiger partial charge on any atom is -0.434 e. The van der Waals surface area contributed by atoms with E-state index in [9.17, 15) is 14.4 Å². The number of hydrogen-bond donors (Lipinski definition) is 1. The predicted molar refractivity (Wildman–Crippen MR) is 116 cm³/mol. The minimum atomic E-state index is -0.766. The summed E-state index contributed by atoms with van der Waals surface area (Å²) in [5.41, 5.74) is 2.32. The van der Waals surface area contributed by atoms with E-state index in [1.54, 1.807) is 31.2 Å². The van der Waals surface area contributed by atoms with Gasteiger partial charge in [-0.1, -0.05) is 17.7 Å². The molecule has 2 aromatic rings. The van der Waals surface area contributed by atoms with Gasteiger partial charge in [0, 0.05) is 30.8 Å². The van der Waals surface area contributed by atoms with E-state index in [2.05, 4.69) is 5.32 Å². The van der Waals surface area contributed by atoms with Crippen LogP contribution in [0.2, 0.25) is 0 Å². The first kappa shape index (κ1) is 22.3. The molecule has 3 rings (SSSR count). The Hall–Kier alpha value is -3.35. The number of carbonyl (C=O) groups excluding carboxylic acids is 3. The number of benzene rings is 2. The SMILES string of the molecule is CCOC(=O)Oc1ccc(C(=O)N2CCC(CNC(=O)c3ccc(C)cc3)CC2)cc1. The fraction of sp³-hybridized carbons (Fsp3) is 0.375. The maximum absolute atomic E-state index is 12.7. The molecule has 1 aliphatic rings. The zero-order valence-electron chi connectivity index (χ0n) is 17.9. The van der Waals surface area contributed by atoms with E-state index in [1.807, 2.05) is 36.1 Å². The van der Waals surface area contributed by atoms with Gasteiger partial charge < -0.3 is 19.7 Å². The lowest BCUT2D eigenvalue weighted by Crippen LogP contribution is -2.41. The van der Waals surface area contributed by atoms with E-state index < -0.39 is 6.16 Å². The van der Waals surface area contributed by atoms with Crippen molar-refractivity contribution in [1.82, 2.24) is 10.2 Å². The second kappa shape index (κ2) is 10.6. The van der Waals surface area contributed by atoms with Gasteiger partial charge in [-0.05, 0) is 69.0 Å². The van der Waals surface area contributed by atoms with Crippen LogP contribution in [0.1, 0.15) is 46.0 Å². The minimum absolute atomic E-state index is 0.0511. The Morgan fingerprint density at radius 1 is 0.968 bits per heavy atom. The van der Waals surface area contributed by atoms with E-state index in [0.29, 0.717) is 42.4 Å². The monoisotopic (exact) mass is 424 g/mol. The summed E-state index contributed by atoms with van der Waals surface area (Å²) in [6.45, 7) is 5.82. The number of amides is 2. The Balaban J connectivity index is 1.44. The largest absolute Gasteiger partial charge is 0.513 e. The van der Waals surface area contributed by atoms with E-state index in [-0.39, 0.29) is 18.4 Å². The van der Waals surface area contributed by atoms with Crippen LogP contribution in [0.25, 0.3) is 0 Å². The molecule has 1 aliphatic heterocycles. The summed E-state index contributed by atoms with van der Waals surface area (Å²) < 4.78 is 9.74. The lowest BCUT2D eigenvalue weighted by Gasteiger charge is -2.32. The van der Waals surface area contributed by atoms with Gasteiger partial charge in [-0.15, -0.1) is 0 Å². The maximum atomic E-state index is 12.7. The first-order valence-electron chi connectivity index (χ1n) is 10.5. The fourth-order valence-electron chi connectivity index (χ4n) is 3.48. The first-order chi connectivity index (χ1) is 15.0. The van der Waals surface area contributed by atoms with Crippen LogP contribution in [-0.2, 0) is 4.74 Å². The van der Waals surface area contributed by atoms with Crippen LogP contribution in [0, 0.1) is 12.8 Å². The Bertz CT molecular complexity index is 901. The molecule has 31 heavy (non-hydrogen) atoms. The molecule has 1 fully saturated rings. The van der Waals surface area contributed by atoms with Gasteiger partial charge >= 0.3 is 6.16 Å². The Labute approximate surface area is 182 Å². The van der Waals surface area contributed by atoms with Gasteiger partial charge in [0.15, 0.2) is 0 Å². The van der Waals surface area contributed by atoms with Crippen molar-refractivity contribution < 1.29 is 23.9 Å². The molecule has 0 saturated carbocycles. The molecule has 7 nitrogen and oxygen atoms in total. The van der Waals surface area contributed by atoms with Crippen molar-refractivity contribution in [2.24, 2.45) is 5.92 Å². The highest BCUT2D eigenvalue weighted by Crippen LogP contribution is 2.20. The van der Waals surface area contributed by atoms with Crippen molar-refractivity contribution >= 4 is 18.0 Å². The highest BCUT2D eigenvalue weighted by Gasteiger charge is 2.24. The van der Waals surface area contributed by atoms with Crippen LogP contribution in [0.3, 0.4) is 0 Å². The molecule has 1 heterocycles. The third-order valence-corrected chi connectivity index (χ3v) is 5.33. The summed E-state index contributed by atoms with van der Waals surface area (Å²) in [4.78, 5) is 38.2. The highest BCUT2D eigenvalue weighted by atomic mass is 16.7. The van der Waals surface area contributed by atoms with E-state index in [4.69, 9.17) is 9.47 Å². The number of nitrogens with zero attached hydrogens (tertiary/aromatic N) is 1. The third-order valence-electron chi connectivity index (χ3n) is 5.33. The quantitative estimate of drug-likeness (QED) is 0.563. The molecule has 0 bridgehead atoms. The van der Waals surface area contributed by atoms with Crippen molar-refractivity contribution in [1.29, 1.82) is 0 Å². The average molecular weight is 424 g/mol. The second-order valence-corrected chi connectivity index (χ2v) is 7.62.